The van der Waals surface area contributed by atoms with Gasteiger partial charge in [-0.2, -0.15) is 9.61 Å². The van der Waals surface area contributed by atoms with Gasteiger partial charge < -0.3 is 10.1 Å². The van der Waals surface area contributed by atoms with Crippen molar-refractivity contribution in [2.45, 2.75) is 20.8 Å². The van der Waals surface area contributed by atoms with Crippen molar-refractivity contribution in [2.24, 2.45) is 0 Å². The van der Waals surface area contributed by atoms with Crippen molar-refractivity contribution in [3.05, 3.63) is 71.5 Å². The van der Waals surface area contributed by atoms with Gasteiger partial charge in [0, 0.05) is 11.3 Å². The molecule has 0 spiro atoms. The van der Waals surface area contributed by atoms with Crippen LogP contribution in [-0.2, 0) is 4.79 Å². The number of carbonyl (C=O) groups is 1. The third-order valence-corrected chi connectivity index (χ3v) is 4.43. The van der Waals surface area contributed by atoms with Crippen LogP contribution in [0, 0.1) is 20.8 Å². The number of fused-ring (bicyclic) bond motifs is 1. The molecule has 7 heteroatoms. The number of carbonyl (C=O) groups excluding carboxylic acids is 1. The number of anilines is 1. The number of ether oxygens (including phenoxy) is 1. The van der Waals surface area contributed by atoms with Crippen molar-refractivity contribution in [1.29, 1.82) is 0 Å². The molecule has 1 N–H and O–H groups in total. The smallest absolute Gasteiger partial charge is 0.262 e. The Bertz CT molecular complexity index is 1180. The molecule has 0 aliphatic heterocycles. The quantitative estimate of drug-likeness (QED) is 0.564. The third kappa shape index (κ3) is 4.24. The summed E-state index contributed by atoms with van der Waals surface area (Å²) in [5, 5.41) is 15.5. The summed E-state index contributed by atoms with van der Waals surface area (Å²) >= 11 is 0. The van der Waals surface area contributed by atoms with Crippen molar-refractivity contribution >= 4 is 17.2 Å². The summed E-state index contributed by atoms with van der Waals surface area (Å²) in [5.74, 6) is 1.18. The molecule has 4 aromatic rings. The summed E-state index contributed by atoms with van der Waals surface area (Å²) in [4.78, 5) is 12.3. The molecule has 2 heterocycles. The first-order valence-corrected chi connectivity index (χ1v) is 9.28. The highest BCUT2D eigenvalue weighted by Gasteiger charge is 2.08. The Balaban J connectivity index is 1.46. The van der Waals surface area contributed by atoms with Gasteiger partial charge in [-0.3, -0.25) is 4.79 Å². The molecule has 0 radical (unpaired) electrons. The summed E-state index contributed by atoms with van der Waals surface area (Å²) in [6.07, 6.45) is 0. The molecule has 0 saturated heterocycles. The van der Waals surface area contributed by atoms with Crippen molar-refractivity contribution in [3.8, 4) is 17.0 Å². The number of rotatable bonds is 5. The maximum absolute atomic E-state index is 12.3. The fraction of sp³-hybridized carbons (Fsp3) is 0.182. The van der Waals surface area contributed by atoms with Gasteiger partial charge in [0.2, 0.25) is 0 Å². The Labute approximate surface area is 168 Å². The molecule has 0 bridgehead atoms. The number of nitrogens with zero attached hydrogens (tertiary/aromatic N) is 4. The lowest BCUT2D eigenvalue weighted by Crippen LogP contribution is -2.20. The summed E-state index contributed by atoms with van der Waals surface area (Å²) in [6.45, 7) is 5.79. The van der Waals surface area contributed by atoms with Crippen molar-refractivity contribution < 1.29 is 9.53 Å². The minimum Gasteiger partial charge on any atom is -0.484 e. The van der Waals surface area contributed by atoms with Gasteiger partial charge in [-0.05, 0) is 68.3 Å². The highest BCUT2D eigenvalue weighted by Crippen LogP contribution is 2.21. The molecule has 0 unspecified atom stereocenters. The van der Waals surface area contributed by atoms with E-state index in [1.165, 1.54) is 0 Å². The molecule has 2 aromatic heterocycles. The average molecular weight is 387 g/mol. The standard InChI is InChI=1S/C22H21N5O2/c1-14-9-15(2)11-19(10-14)29-13-22(28)23-18-6-4-5-17(12-18)20-7-8-21-25-24-16(3)27(21)26-20/h4-12H,13H2,1-3H3,(H,23,28). The zero-order chi connectivity index (χ0) is 20.4. The van der Waals surface area contributed by atoms with E-state index in [9.17, 15) is 4.79 Å². The molecular formula is C22H21N5O2. The summed E-state index contributed by atoms with van der Waals surface area (Å²) in [7, 11) is 0. The Morgan fingerprint density at radius 1 is 1.00 bits per heavy atom. The molecule has 0 aliphatic rings. The first-order valence-electron chi connectivity index (χ1n) is 9.28. The monoisotopic (exact) mass is 387 g/mol. The van der Waals surface area contributed by atoms with E-state index in [1.54, 1.807) is 4.52 Å². The number of hydrogen-bond acceptors (Lipinski definition) is 5. The van der Waals surface area contributed by atoms with Crippen LogP contribution in [-0.4, -0.2) is 32.3 Å². The van der Waals surface area contributed by atoms with Crippen LogP contribution < -0.4 is 10.1 Å². The van der Waals surface area contributed by atoms with E-state index >= 15 is 0 Å². The van der Waals surface area contributed by atoms with Crippen LogP contribution in [0.5, 0.6) is 5.75 Å². The van der Waals surface area contributed by atoms with Crippen molar-refractivity contribution in [1.82, 2.24) is 19.8 Å². The van der Waals surface area contributed by atoms with E-state index in [4.69, 9.17) is 4.74 Å². The molecular weight excluding hydrogens is 366 g/mol. The van der Waals surface area contributed by atoms with Crippen LogP contribution >= 0.6 is 0 Å². The second-order valence-corrected chi connectivity index (χ2v) is 6.98. The zero-order valence-corrected chi connectivity index (χ0v) is 16.5. The fourth-order valence-corrected chi connectivity index (χ4v) is 3.17. The third-order valence-electron chi connectivity index (χ3n) is 4.43. The molecule has 0 atom stereocenters. The minimum absolute atomic E-state index is 0.0583. The number of nitrogens with one attached hydrogen (secondary N) is 1. The molecule has 1 amide bonds. The zero-order valence-electron chi connectivity index (χ0n) is 16.5. The Hall–Kier alpha value is -3.74. The lowest BCUT2D eigenvalue weighted by molar-refractivity contribution is -0.118. The van der Waals surface area contributed by atoms with Gasteiger partial charge in [-0.25, -0.2) is 0 Å². The summed E-state index contributed by atoms with van der Waals surface area (Å²) < 4.78 is 7.32. The summed E-state index contributed by atoms with van der Waals surface area (Å²) in [5.41, 5.74) is 5.22. The average Bonchev–Trinajstić information content (AvgIpc) is 3.06. The maximum Gasteiger partial charge on any atom is 0.262 e. The molecule has 2 aromatic carbocycles. The number of benzene rings is 2. The van der Waals surface area contributed by atoms with Gasteiger partial charge in [0.25, 0.3) is 5.91 Å². The largest absolute Gasteiger partial charge is 0.484 e. The Morgan fingerprint density at radius 2 is 1.79 bits per heavy atom. The van der Waals surface area contributed by atoms with E-state index < -0.39 is 0 Å². The van der Waals surface area contributed by atoms with Gasteiger partial charge in [0.15, 0.2) is 18.1 Å². The van der Waals surface area contributed by atoms with E-state index in [1.807, 2.05) is 69.3 Å². The van der Waals surface area contributed by atoms with Gasteiger partial charge in [0.1, 0.15) is 5.75 Å². The highest BCUT2D eigenvalue weighted by molar-refractivity contribution is 5.92. The van der Waals surface area contributed by atoms with Crippen molar-refractivity contribution in [3.63, 3.8) is 0 Å². The van der Waals surface area contributed by atoms with E-state index in [0.717, 1.165) is 28.2 Å². The molecule has 0 fully saturated rings. The maximum atomic E-state index is 12.3. The second kappa shape index (κ2) is 7.71. The van der Waals surface area contributed by atoms with Crippen LogP contribution in [0.3, 0.4) is 0 Å². The molecule has 0 saturated carbocycles. The molecule has 29 heavy (non-hydrogen) atoms. The van der Waals surface area contributed by atoms with Gasteiger partial charge in [-0.1, -0.05) is 18.2 Å². The Morgan fingerprint density at radius 3 is 2.59 bits per heavy atom. The predicted octanol–water partition coefficient (Wildman–Crippen LogP) is 3.73. The molecule has 0 aliphatic carbocycles. The van der Waals surface area contributed by atoms with E-state index in [0.29, 0.717) is 17.1 Å². The fourth-order valence-electron chi connectivity index (χ4n) is 3.17. The van der Waals surface area contributed by atoms with Crippen LogP contribution in [0.2, 0.25) is 0 Å². The van der Waals surface area contributed by atoms with Crippen LogP contribution in [0.25, 0.3) is 16.9 Å². The van der Waals surface area contributed by atoms with Gasteiger partial charge in [-0.15, -0.1) is 10.2 Å². The minimum atomic E-state index is -0.223. The van der Waals surface area contributed by atoms with Gasteiger partial charge >= 0.3 is 0 Å². The van der Waals surface area contributed by atoms with Gasteiger partial charge in [0.05, 0.1) is 5.69 Å². The second-order valence-electron chi connectivity index (χ2n) is 6.98. The normalized spacial score (nSPS) is 10.9. The lowest BCUT2D eigenvalue weighted by Gasteiger charge is -2.10. The Kier molecular flexibility index (Phi) is 4.95. The van der Waals surface area contributed by atoms with Crippen molar-refractivity contribution in [2.75, 3.05) is 11.9 Å². The van der Waals surface area contributed by atoms with Crippen LogP contribution in [0.15, 0.2) is 54.6 Å². The molecule has 146 valence electrons. The number of hydrogen-bond donors (Lipinski definition) is 1. The summed E-state index contributed by atoms with van der Waals surface area (Å²) in [6, 6.07) is 17.2. The van der Waals surface area contributed by atoms with Crippen LogP contribution in [0.4, 0.5) is 5.69 Å². The SMILES string of the molecule is Cc1cc(C)cc(OCC(=O)Nc2cccc(-c3ccc4nnc(C)n4n3)c2)c1. The first-order chi connectivity index (χ1) is 14.0. The topological polar surface area (TPSA) is 81.4 Å². The highest BCUT2D eigenvalue weighted by atomic mass is 16.5. The lowest BCUT2D eigenvalue weighted by atomic mass is 10.1. The van der Waals surface area contributed by atoms with Crippen LogP contribution in [0.1, 0.15) is 17.0 Å². The molecule has 4 rings (SSSR count). The van der Waals surface area contributed by atoms with E-state index in [2.05, 4.69) is 26.7 Å². The van der Waals surface area contributed by atoms with E-state index in [-0.39, 0.29) is 12.5 Å². The number of aryl methyl sites for hydroxylation is 3. The number of aromatic nitrogens is 4. The predicted molar refractivity (Wildman–Crippen MR) is 111 cm³/mol. The molecule has 7 nitrogen and oxygen atoms in total. The number of amides is 1. The first kappa shape index (κ1) is 18.6.